The van der Waals surface area contributed by atoms with Crippen LogP contribution in [-0.4, -0.2) is 23.2 Å². The molecule has 2 rings (SSSR count). The molecule has 2 N–H and O–H groups in total. The molecule has 1 aromatic rings. The van der Waals surface area contributed by atoms with Crippen molar-refractivity contribution in [2.24, 2.45) is 0 Å². The minimum absolute atomic E-state index is 0.0331. The average molecular weight is 272 g/mol. The normalized spacial score (nSPS) is 23.9. The number of nitrogens with one attached hydrogen (secondary N) is 1. The van der Waals surface area contributed by atoms with Crippen LogP contribution in [0.1, 0.15) is 24.8 Å². The van der Waals surface area contributed by atoms with Crippen molar-refractivity contribution in [1.29, 1.82) is 0 Å². The van der Waals surface area contributed by atoms with Crippen molar-refractivity contribution in [3.63, 3.8) is 0 Å². The molecule has 1 heterocycles. The second kappa shape index (κ2) is 5.67. The Balaban J connectivity index is 2.07. The third-order valence-corrected chi connectivity index (χ3v) is 3.65. The standard InChI is InChI=1S/C13H15ClFNO2/c14-10-4-2-5-11(15)9(10)7-8-3-1-6-12(16-8)13(17)18/h2,4-5,8,12,16H,1,3,6-7H2,(H,17,18). The van der Waals surface area contributed by atoms with Gasteiger partial charge >= 0.3 is 5.97 Å². The Labute approximate surface area is 110 Å². The van der Waals surface area contributed by atoms with Crippen molar-refractivity contribution >= 4 is 17.6 Å². The van der Waals surface area contributed by atoms with E-state index in [4.69, 9.17) is 16.7 Å². The van der Waals surface area contributed by atoms with Crippen LogP contribution in [0.3, 0.4) is 0 Å². The summed E-state index contributed by atoms with van der Waals surface area (Å²) >= 11 is 5.96. The van der Waals surface area contributed by atoms with Crippen molar-refractivity contribution in [3.8, 4) is 0 Å². The fourth-order valence-corrected chi connectivity index (χ4v) is 2.59. The zero-order valence-corrected chi connectivity index (χ0v) is 10.6. The Hall–Kier alpha value is -1.13. The highest BCUT2D eigenvalue weighted by molar-refractivity contribution is 6.31. The number of hydrogen-bond acceptors (Lipinski definition) is 2. The van der Waals surface area contributed by atoms with E-state index in [9.17, 15) is 9.18 Å². The molecule has 5 heteroatoms. The third-order valence-electron chi connectivity index (χ3n) is 3.29. The number of carbonyl (C=O) groups is 1. The smallest absolute Gasteiger partial charge is 0.320 e. The minimum atomic E-state index is -0.848. The first-order valence-corrected chi connectivity index (χ1v) is 6.37. The van der Waals surface area contributed by atoms with Crippen LogP contribution in [0.2, 0.25) is 5.02 Å². The van der Waals surface area contributed by atoms with Gasteiger partial charge in [0.05, 0.1) is 0 Å². The van der Waals surface area contributed by atoms with Gasteiger partial charge in [-0.15, -0.1) is 0 Å². The summed E-state index contributed by atoms with van der Waals surface area (Å²) in [5.41, 5.74) is 0.461. The molecule has 3 nitrogen and oxygen atoms in total. The lowest BCUT2D eigenvalue weighted by molar-refractivity contribution is -0.140. The largest absolute Gasteiger partial charge is 0.480 e. The molecule has 1 aliphatic rings. The van der Waals surface area contributed by atoms with Crippen LogP contribution in [0.5, 0.6) is 0 Å². The van der Waals surface area contributed by atoms with E-state index >= 15 is 0 Å². The molecule has 0 amide bonds. The minimum Gasteiger partial charge on any atom is -0.480 e. The zero-order valence-electron chi connectivity index (χ0n) is 9.83. The molecule has 98 valence electrons. The summed E-state index contributed by atoms with van der Waals surface area (Å²) in [6, 6.07) is 4.02. The van der Waals surface area contributed by atoms with Gasteiger partial charge in [0.25, 0.3) is 0 Å². The summed E-state index contributed by atoms with van der Waals surface area (Å²) in [6.45, 7) is 0. The van der Waals surface area contributed by atoms with Gasteiger partial charge in [0.15, 0.2) is 0 Å². The molecule has 0 radical (unpaired) electrons. The van der Waals surface area contributed by atoms with E-state index in [1.165, 1.54) is 6.07 Å². The molecule has 0 aliphatic carbocycles. The average Bonchev–Trinajstić information content (AvgIpc) is 2.34. The maximum atomic E-state index is 13.6. The summed E-state index contributed by atoms with van der Waals surface area (Å²) in [4.78, 5) is 10.9. The van der Waals surface area contributed by atoms with Crippen molar-refractivity contribution in [3.05, 3.63) is 34.6 Å². The molecule has 0 spiro atoms. The topological polar surface area (TPSA) is 49.3 Å². The highest BCUT2D eigenvalue weighted by atomic mass is 35.5. The van der Waals surface area contributed by atoms with E-state index in [0.717, 1.165) is 12.8 Å². The van der Waals surface area contributed by atoms with Crippen LogP contribution >= 0.6 is 11.6 Å². The van der Waals surface area contributed by atoms with Crippen LogP contribution in [0.4, 0.5) is 4.39 Å². The molecule has 2 atom stereocenters. The van der Waals surface area contributed by atoms with Gasteiger partial charge in [0.1, 0.15) is 11.9 Å². The van der Waals surface area contributed by atoms with E-state index in [1.54, 1.807) is 12.1 Å². The Bertz CT molecular complexity index is 432. The molecule has 0 aromatic heterocycles. The van der Waals surface area contributed by atoms with Gasteiger partial charge in [-0.25, -0.2) is 4.39 Å². The Morgan fingerprint density at radius 1 is 1.50 bits per heavy atom. The number of benzene rings is 1. The number of rotatable bonds is 3. The predicted molar refractivity (Wildman–Crippen MR) is 67.3 cm³/mol. The Morgan fingerprint density at radius 2 is 2.28 bits per heavy atom. The maximum absolute atomic E-state index is 13.6. The molecule has 1 saturated heterocycles. The molecule has 1 fully saturated rings. The summed E-state index contributed by atoms with van der Waals surface area (Å²) in [5, 5.41) is 12.4. The quantitative estimate of drug-likeness (QED) is 0.888. The molecule has 0 bridgehead atoms. The number of aliphatic carboxylic acids is 1. The van der Waals surface area contributed by atoms with Crippen molar-refractivity contribution < 1.29 is 14.3 Å². The predicted octanol–water partition coefficient (Wildman–Crippen LogP) is 2.62. The van der Waals surface area contributed by atoms with Gasteiger partial charge in [0.2, 0.25) is 0 Å². The summed E-state index contributed by atoms with van der Waals surface area (Å²) in [7, 11) is 0. The SMILES string of the molecule is O=C(O)C1CCCC(Cc2c(F)cccc2Cl)N1. The molecule has 18 heavy (non-hydrogen) atoms. The lowest BCUT2D eigenvalue weighted by Crippen LogP contribution is -2.47. The number of piperidine rings is 1. The second-order valence-corrected chi connectivity index (χ2v) is 5.00. The van der Waals surface area contributed by atoms with E-state index in [2.05, 4.69) is 5.32 Å². The summed E-state index contributed by atoms with van der Waals surface area (Å²) in [6.07, 6.45) is 2.72. The summed E-state index contributed by atoms with van der Waals surface area (Å²) < 4.78 is 13.6. The highest BCUT2D eigenvalue weighted by Gasteiger charge is 2.26. The second-order valence-electron chi connectivity index (χ2n) is 4.59. The van der Waals surface area contributed by atoms with Gasteiger partial charge in [0, 0.05) is 16.6 Å². The molecule has 2 unspecified atom stereocenters. The molecule has 0 saturated carbocycles. The van der Waals surface area contributed by atoms with Crippen LogP contribution < -0.4 is 5.32 Å². The maximum Gasteiger partial charge on any atom is 0.320 e. The van der Waals surface area contributed by atoms with Crippen molar-refractivity contribution in [1.82, 2.24) is 5.32 Å². The third kappa shape index (κ3) is 3.00. The fourth-order valence-electron chi connectivity index (χ4n) is 2.35. The molecular formula is C13H15ClFNO2. The van der Waals surface area contributed by atoms with Crippen LogP contribution in [-0.2, 0) is 11.2 Å². The first-order valence-electron chi connectivity index (χ1n) is 5.99. The van der Waals surface area contributed by atoms with Gasteiger partial charge in [-0.3, -0.25) is 4.79 Å². The zero-order chi connectivity index (χ0) is 13.1. The van der Waals surface area contributed by atoms with Crippen LogP contribution in [0, 0.1) is 5.82 Å². The summed E-state index contributed by atoms with van der Waals surface area (Å²) in [5.74, 6) is -1.18. The van der Waals surface area contributed by atoms with E-state index in [1.807, 2.05) is 0 Å². The van der Waals surface area contributed by atoms with E-state index in [0.29, 0.717) is 23.4 Å². The van der Waals surface area contributed by atoms with Crippen molar-refractivity contribution in [2.45, 2.75) is 37.8 Å². The van der Waals surface area contributed by atoms with Crippen molar-refractivity contribution in [2.75, 3.05) is 0 Å². The monoisotopic (exact) mass is 271 g/mol. The lowest BCUT2D eigenvalue weighted by atomic mass is 9.93. The Kier molecular flexibility index (Phi) is 4.19. The van der Waals surface area contributed by atoms with Gasteiger partial charge in [-0.2, -0.15) is 0 Å². The molecule has 1 aliphatic heterocycles. The van der Waals surface area contributed by atoms with E-state index < -0.39 is 12.0 Å². The Morgan fingerprint density at radius 3 is 2.94 bits per heavy atom. The van der Waals surface area contributed by atoms with Crippen LogP contribution in [0.15, 0.2) is 18.2 Å². The molecule has 1 aromatic carbocycles. The first-order chi connectivity index (χ1) is 8.58. The lowest BCUT2D eigenvalue weighted by Gasteiger charge is -2.28. The molecular weight excluding hydrogens is 257 g/mol. The fraction of sp³-hybridized carbons (Fsp3) is 0.462. The number of carboxylic acid groups (broad SMARTS) is 1. The van der Waals surface area contributed by atoms with E-state index in [-0.39, 0.29) is 11.9 Å². The highest BCUT2D eigenvalue weighted by Crippen LogP contribution is 2.23. The van der Waals surface area contributed by atoms with Gasteiger partial charge < -0.3 is 10.4 Å². The van der Waals surface area contributed by atoms with Crippen LogP contribution in [0.25, 0.3) is 0 Å². The number of carboxylic acids is 1. The number of hydrogen-bond donors (Lipinski definition) is 2. The first kappa shape index (κ1) is 13.3. The van der Waals surface area contributed by atoms with Gasteiger partial charge in [-0.1, -0.05) is 17.7 Å². The number of halogens is 2. The van der Waals surface area contributed by atoms with Gasteiger partial charge in [-0.05, 0) is 37.8 Å².